The number of hydrogen-bond donors (Lipinski definition) is 0. The number of hydrogen-bond acceptors (Lipinski definition) is 5. The zero-order valence-corrected chi connectivity index (χ0v) is 26.5. The SMILES string of the molecule is CCCCCCCCCCC[C@H]1OC(=O)[C@@H](C)[C@@H]1C(Sc1ccccc1)(Sc1ccccc1)Sc1ccccc1. The zero-order chi connectivity index (χ0) is 28.0. The normalized spacial score (nSPS) is 19.1. The fourth-order valence-corrected chi connectivity index (χ4v) is 11.0. The van der Waals surface area contributed by atoms with E-state index in [9.17, 15) is 4.79 Å². The number of carbonyl (C=O) groups excluding carboxylic acids is 1. The Hall–Kier alpha value is -1.82. The van der Waals surface area contributed by atoms with Gasteiger partial charge in [-0.3, -0.25) is 4.79 Å². The third-order valence-electron chi connectivity index (χ3n) is 7.59. The maximum Gasteiger partial charge on any atom is 0.309 e. The second-order valence-corrected chi connectivity index (χ2v) is 15.5. The summed E-state index contributed by atoms with van der Waals surface area (Å²) in [6.07, 6.45) is 12.5. The van der Waals surface area contributed by atoms with Crippen molar-refractivity contribution in [1.82, 2.24) is 0 Å². The summed E-state index contributed by atoms with van der Waals surface area (Å²) in [5.74, 6) is -0.173. The number of carbonyl (C=O) groups is 1. The second-order valence-electron chi connectivity index (χ2n) is 10.8. The minimum Gasteiger partial charge on any atom is -0.462 e. The van der Waals surface area contributed by atoms with Crippen LogP contribution in [0.2, 0.25) is 0 Å². The van der Waals surface area contributed by atoms with Gasteiger partial charge in [-0.15, -0.1) is 0 Å². The molecule has 4 rings (SSSR count). The predicted molar refractivity (Wildman–Crippen MR) is 174 cm³/mol. The Kier molecular flexibility index (Phi) is 12.9. The van der Waals surface area contributed by atoms with Crippen LogP contribution in [0.1, 0.15) is 78.1 Å². The molecule has 1 saturated heterocycles. The summed E-state index contributed by atoms with van der Waals surface area (Å²) in [6.45, 7) is 4.36. The second kappa shape index (κ2) is 16.6. The number of thioether (sulfide) groups is 3. The van der Waals surface area contributed by atoms with Crippen molar-refractivity contribution in [3.8, 4) is 0 Å². The van der Waals surface area contributed by atoms with Gasteiger partial charge in [0.15, 0.2) is 0 Å². The molecule has 1 aliphatic rings. The molecule has 0 radical (unpaired) electrons. The molecule has 3 aromatic carbocycles. The van der Waals surface area contributed by atoms with E-state index in [-0.39, 0.29) is 27.3 Å². The molecule has 1 fully saturated rings. The fraction of sp³-hybridized carbons (Fsp3) is 0.457. The first-order valence-corrected chi connectivity index (χ1v) is 17.5. The molecule has 0 unspecified atom stereocenters. The minimum absolute atomic E-state index is 0.0497. The molecule has 3 atom stereocenters. The maximum atomic E-state index is 13.2. The van der Waals surface area contributed by atoms with Gasteiger partial charge >= 0.3 is 5.97 Å². The van der Waals surface area contributed by atoms with Gasteiger partial charge in [0.1, 0.15) is 9.52 Å². The summed E-state index contributed by atoms with van der Waals surface area (Å²) < 4.78 is 5.81. The van der Waals surface area contributed by atoms with Gasteiger partial charge in [-0.05, 0) is 49.2 Å². The van der Waals surface area contributed by atoms with Crippen molar-refractivity contribution in [2.45, 2.75) is 102 Å². The number of esters is 1. The van der Waals surface area contributed by atoms with Gasteiger partial charge in [-0.2, -0.15) is 0 Å². The number of unbranched alkanes of at least 4 members (excludes halogenated alkanes) is 8. The fourth-order valence-electron chi connectivity index (χ4n) is 5.45. The largest absolute Gasteiger partial charge is 0.462 e. The molecule has 0 aliphatic carbocycles. The highest BCUT2D eigenvalue weighted by Gasteiger charge is 2.55. The highest BCUT2D eigenvalue weighted by molar-refractivity contribution is 8.33. The molecule has 5 heteroatoms. The van der Waals surface area contributed by atoms with E-state index in [4.69, 9.17) is 4.74 Å². The van der Waals surface area contributed by atoms with Crippen LogP contribution in [0.5, 0.6) is 0 Å². The molecule has 0 bridgehead atoms. The minimum atomic E-state index is -0.389. The smallest absolute Gasteiger partial charge is 0.309 e. The van der Waals surface area contributed by atoms with Gasteiger partial charge in [-0.1, -0.05) is 155 Å². The van der Waals surface area contributed by atoms with E-state index in [1.54, 1.807) is 0 Å². The Balaban J connectivity index is 1.58. The first kappa shape index (κ1) is 31.1. The molecule has 40 heavy (non-hydrogen) atoms. The highest BCUT2D eigenvalue weighted by Crippen LogP contribution is 2.63. The van der Waals surface area contributed by atoms with E-state index in [0.29, 0.717) is 0 Å². The van der Waals surface area contributed by atoms with Crippen molar-refractivity contribution in [3.63, 3.8) is 0 Å². The molecule has 0 N–H and O–H groups in total. The van der Waals surface area contributed by atoms with Crippen LogP contribution in [0.3, 0.4) is 0 Å². The lowest BCUT2D eigenvalue weighted by molar-refractivity contribution is -0.144. The molecule has 1 heterocycles. The van der Waals surface area contributed by atoms with Gasteiger partial charge in [0.25, 0.3) is 0 Å². The molecular weight excluding hydrogens is 549 g/mol. The first-order valence-electron chi connectivity index (χ1n) is 15.0. The third kappa shape index (κ3) is 9.09. The van der Waals surface area contributed by atoms with Crippen molar-refractivity contribution in [1.29, 1.82) is 0 Å². The molecule has 3 aromatic rings. The van der Waals surface area contributed by atoms with E-state index in [1.165, 1.54) is 66.1 Å². The number of benzene rings is 3. The Morgan fingerprint density at radius 2 is 1.02 bits per heavy atom. The van der Waals surface area contributed by atoms with Crippen LogP contribution >= 0.6 is 35.3 Å². The van der Waals surface area contributed by atoms with Gasteiger partial charge < -0.3 is 4.74 Å². The number of rotatable bonds is 17. The van der Waals surface area contributed by atoms with E-state index < -0.39 is 0 Å². The first-order chi connectivity index (χ1) is 19.6. The van der Waals surface area contributed by atoms with Crippen LogP contribution in [0.25, 0.3) is 0 Å². The molecule has 214 valence electrons. The lowest BCUT2D eigenvalue weighted by atomic mass is 9.90. The van der Waals surface area contributed by atoms with E-state index in [2.05, 4.69) is 105 Å². The third-order valence-corrected chi connectivity index (χ3v) is 12.3. The van der Waals surface area contributed by atoms with Crippen molar-refractivity contribution < 1.29 is 9.53 Å². The van der Waals surface area contributed by atoms with Crippen molar-refractivity contribution in [2.75, 3.05) is 0 Å². The Morgan fingerprint density at radius 1 is 0.625 bits per heavy atom. The molecule has 0 amide bonds. The summed E-state index contributed by atoms with van der Waals surface area (Å²) in [5, 5.41) is 0. The summed E-state index contributed by atoms with van der Waals surface area (Å²) in [6, 6.07) is 32.0. The Morgan fingerprint density at radius 3 is 1.45 bits per heavy atom. The summed E-state index contributed by atoms with van der Waals surface area (Å²) in [5.41, 5.74) is 0. The van der Waals surface area contributed by atoms with Gasteiger partial charge in [0, 0.05) is 20.6 Å². The van der Waals surface area contributed by atoms with Gasteiger partial charge in [0.05, 0.1) is 5.92 Å². The zero-order valence-electron chi connectivity index (χ0n) is 24.0. The number of cyclic esters (lactones) is 1. The monoisotopic (exact) mass is 592 g/mol. The van der Waals surface area contributed by atoms with Crippen LogP contribution in [0.15, 0.2) is 106 Å². The average molecular weight is 593 g/mol. The summed E-state index contributed by atoms with van der Waals surface area (Å²) >= 11 is 5.65. The Labute approximate surface area is 254 Å². The van der Waals surface area contributed by atoms with Gasteiger partial charge in [-0.25, -0.2) is 0 Å². The summed E-state index contributed by atoms with van der Waals surface area (Å²) in [4.78, 5) is 16.8. The maximum absolute atomic E-state index is 13.2. The van der Waals surface area contributed by atoms with Crippen LogP contribution in [-0.4, -0.2) is 15.5 Å². The molecule has 2 nitrogen and oxygen atoms in total. The van der Waals surface area contributed by atoms with Crippen LogP contribution in [-0.2, 0) is 9.53 Å². The van der Waals surface area contributed by atoms with E-state index in [1.807, 2.05) is 35.3 Å². The van der Waals surface area contributed by atoms with Crippen molar-refractivity contribution in [3.05, 3.63) is 91.0 Å². The average Bonchev–Trinajstić information content (AvgIpc) is 3.26. The standard InChI is InChI=1S/C35H44O2S3/c1-3-4-5-6-7-8-9-10-20-27-32-33(28(2)34(36)37-32)35(38-29-21-14-11-15-22-29,39-30-23-16-12-17-24-30)40-31-25-18-13-19-26-31/h11-19,21-26,28,32-33H,3-10,20,27H2,1-2H3/t28-,32+,33-/m0/s1. The van der Waals surface area contributed by atoms with Crippen LogP contribution in [0, 0.1) is 11.8 Å². The lowest BCUT2D eigenvalue weighted by Gasteiger charge is -2.40. The van der Waals surface area contributed by atoms with Crippen LogP contribution in [0.4, 0.5) is 0 Å². The van der Waals surface area contributed by atoms with Crippen molar-refractivity contribution >= 4 is 41.3 Å². The van der Waals surface area contributed by atoms with Crippen LogP contribution < -0.4 is 0 Å². The molecular formula is C35H44O2S3. The highest BCUT2D eigenvalue weighted by atomic mass is 32.3. The molecule has 0 aromatic heterocycles. The van der Waals surface area contributed by atoms with E-state index in [0.717, 1.165) is 12.8 Å². The number of ether oxygens (including phenoxy) is 1. The van der Waals surface area contributed by atoms with Gasteiger partial charge in [0.2, 0.25) is 0 Å². The molecule has 0 spiro atoms. The molecule has 1 aliphatic heterocycles. The Bertz CT molecular complexity index is 1020. The lowest BCUT2D eigenvalue weighted by Crippen LogP contribution is -2.37. The topological polar surface area (TPSA) is 26.3 Å². The predicted octanol–water partition coefficient (Wildman–Crippen LogP) is 11.1. The summed E-state index contributed by atoms with van der Waals surface area (Å²) in [7, 11) is 0. The van der Waals surface area contributed by atoms with E-state index >= 15 is 0 Å². The quantitative estimate of drug-likeness (QED) is 0.0672. The molecule has 0 saturated carbocycles. The van der Waals surface area contributed by atoms with Crippen molar-refractivity contribution in [2.24, 2.45) is 11.8 Å².